The molecule has 3 aromatic carbocycles. The Balaban J connectivity index is 0. The number of aliphatic hydroxyl groups is 4. The van der Waals surface area contributed by atoms with E-state index in [-0.39, 0.29) is 94.4 Å². The zero-order valence-corrected chi connectivity index (χ0v) is 38.5. The zero-order chi connectivity index (χ0) is 48.2. The SMILES string of the molecule is C.C=CC(=O)OCCOc1ccc(C(=O)C(C)(C)O)cc1.CC(C)(O)C(=O)c1ccc(OCCO)cc1.CC(C)(O)C(=O)c1ccc(OCCOC(=O)CCCl)cc1.O=C(Cl)CCCl. The average Bonchev–Trinajstić information content (AvgIpc) is 3.22. The van der Waals surface area contributed by atoms with Crippen molar-refractivity contribution in [3.63, 3.8) is 0 Å². The summed E-state index contributed by atoms with van der Waals surface area (Å²) >= 11 is 15.3. The molecule has 0 saturated heterocycles. The molecule has 0 unspecified atom stereocenters. The second-order valence-electron chi connectivity index (χ2n) is 14.3. The standard InChI is InChI=1S/C15H19ClO5.C15H18O5.C12H16O4.C3H4Cl2O.CH4/c1-15(2,19)14(18)11-3-5-12(6-4-11)20-9-10-21-13(17)7-8-16;1-4-13(16)20-10-9-19-12-7-5-11(6-8-12)14(17)15(2,3)18;1-12(2,15)11(14)9-3-5-10(6-4-9)16-8-7-13;4-2-1-3(5)6;/h3-6,19H,7-10H2,1-2H3;4-8,18H,1,9-10H2,2-3H3;3-6,13,15H,7-8H2,1-2H3;1-2H2;1H4. The van der Waals surface area contributed by atoms with Gasteiger partial charge in [0.1, 0.15) is 67.1 Å². The lowest BCUT2D eigenvalue weighted by atomic mass is 9.97. The van der Waals surface area contributed by atoms with Crippen molar-refractivity contribution in [3.05, 3.63) is 102 Å². The third-order valence-electron chi connectivity index (χ3n) is 7.34. The van der Waals surface area contributed by atoms with Gasteiger partial charge >= 0.3 is 11.9 Å². The Labute approximate surface area is 390 Å². The van der Waals surface area contributed by atoms with Gasteiger partial charge in [-0.05, 0) is 126 Å². The van der Waals surface area contributed by atoms with Crippen LogP contribution in [0.1, 0.15) is 92.9 Å². The minimum Gasteiger partial charge on any atom is -0.491 e. The molecule has 0 fully saturated rings. The number of carbonyl (C=O) groups is 6. The van der Waals surface area contributed by atoms with E-state index in [2.05, 4.69) is 6.58 Å². The van der Waals surface area contributed by atoms with Gasteiger partial charge in [-0.15, -0.1) is 23.2 Å². The topological polar surface area (TPSA) is 229 Å². The number of hydrogen-bond donors (Lipinski definition) is 4. The third-order valence-corrected chi connectivity index (χ3v) is 7.91. The highest BCUT2D eigenvalue weighted by atomic mass is 35.5. The van der Waals surface area contributed by atoms with E-state index in [0.29, 0.717) is 39.8 Å². The Morgan fingerprint density at radius 1 is 0.547 bits per heavy atom. The summed E-state index contributed by atoms with van der Waals surface area (Å²) in [7, 11) is 0. The first-order chi connectivity index (χ1) is 29.4. The van der Waals surface area contributed by atoms with E-state index < -0.39 is 22.8 Å². The molecule has 0 saturated carbocycles. The van der Waals surface area contributed by atoms with Crippen LogP contribution in [0.3, 0.4) is 0 Å². The van der Waals surface area contributed by atoms with E-state index in [9.17, 15) is 44.1 Å². The van der Waals surface area contributed by atoms with Gasteiger partial charge < -0.3 is 44.1 Å². The Kier molecular flexibility index (Phi) is 30.5. The predicted molar refractivity (Wildman–Crippen MR) is 245 cm³/mol. The Morgan fingerprint density at radius 2 is 0.859 bits per heavy atom. The Bertz CT molecular complexity index is 1860. The first-order valence-electron chi connectivity index (χ1n) is 19.3. The highest BCUT2D eigenvalue weighted by Gasteiger charge is 2.26. The van der Waals surface area contributed by atoms with Crippen molar-refractivity contribution in [1.82, 2.24) is 0 Å². The number of benzene rings is 3. The molecule has 0 aromatic heterocycles. The number of ether oxygens (including phenoxy) is 5. The number of ketones is 3. The van der Waals surface area contributed by atoms with Gasteiger partial charge in [-0.25, -0.2) is 4.79 Å². The highest BCUT2D eigenvalue weighted by molar-refractivity contribution is 6.63. The number of Topliss-reactive ketones (excluding diaryl/α,β-unsaturated/α-hetero) is 3. The lowest BCUT2D eigenvalue weighted by Crippen LogP contribution is -2.30. The van der Waals surface area contributed by atoms with Gasteiger partial charge in [0, 0.05) is 40.9 Å². The number of alkyl halides is 2. The summed E-state index contributed by atoms with van der Waals surface area (Å²) in [4.78, 5) is 66.8. The normalized spacial score (nSPS) is 10.6. The molecule has 0 heterocycles. The minimum absolute atomic E-state index is 0. The number of rotatable bonds is 22. The fourth-order valence-electron chi connectivity index (χ4n) is 4.23. The molecule has 18 heteroatoms. The molecule has 15 nitrogen and oxygen atoms in total. The molecule has 0 amide bonds. The molecule has 4 N–H and O–H groups in total. The second-order valence-corrected chi connectivity index (χ2v) is 15.5. The molecule has 0 aliphatic heterocycles. The van der Waals surface area contributed by atoms with Crippen molar-refractivity contribution in [2.45, 2.75) is 78.6 Å². The van der Waals surface area contributed by atoms with E-state index in [4.69, 9.17) is 63.6 Å². The number of esters is 2. The summed E-state index contributed by atoms with van der Waals surface area (Å²) < 4.78 is 25.5. The molecular weight excluding hydrogens is 899 g/mol. The summed E-state index contributed by atoms with van der Waals surface area (Å²) in [6, 6.07) is 19.2. The third kappa shape index (κ3) is 27.3. The quantitative estimate of drug-likeness (QED) is 0.0199. The molecule has 0 aliphatic carbocycles. The van der Waals surface area contributed by atoms with Crippen LogP contribution in [0.5, 0.6) is 17.2 Å². The van der Waals surface area contributed by atoms with E-state index in [1.165, 1.54) is 41.5 Å². The van der Waals surface area contributed by atoms with Crippen LogP contribution in [0.25, 0.3) is 0 Å². The van der Waals surface area contributed by atoms with Crippen molar-refractivity contribution < 1.29 is 72.9 Å². The molecule has 64 heavy (non-hydrogen) atoms. The van der Waals surface area contributed by atoms with Crippen molar-refractivity contribution in [1.29, 1.82) is 0 Å². The molecular formula is C46H61Cl3O15. The minimum atomic E-state index is -1.40. The molecule has 0 atom stereocenters. The first kappa shape index (κ1) is 61.2. The van der Waals surface area contributed by atoms with Gasteiger partial charge in [-0.1, -0.05) is 14.0 Å². The Hall–Kier alpha value is -4.87. The van der Waals surface area contributed by atoms with Gasteiger partial charge in [0.15, 0.2) is 17.3 Å². The summed E-state index contributed by atoms with van der Waals surface area (Å²) in [5.41, 5.74) is -2.93. The van der Waals surface area contributed by atoms with Crippen molar-refractivity contribution in [2.24, 2.45) is 0 Å². The van der Waals surface area contributed by atoms with Crippen LogP contribution in [0.2, 0.25) is 0 Å². The van der Waals surface area contributed by atoms with Crippen LogP contribution in [0.4, 0.5) is 0 Å². The van der Waals surface area contributed by atoms with Gasteiger partial charge in [0.2, 0.25) is 5.24 Å². The fraction of sp³-hybridized carbons (Fsp3) is 0.435. The molecule has 0 aliphatic rings. The van der Waals surface area contributed by atoms with Gasteiger partial charge in [-0.2, -0.15) is 0 Å². The lowest BCUT2D eigenvalue weighted by molar-refractivity contribution is -0.144. The maximum Gasteiger partial charge on any atom is 0.330 e. The molecule has 0 spiro atoms. The predicted octanol–water partition coefficient (Wildman–Crippen LogP) is 6.97. The van der Waals surface area contributed by atoms with Crippen LogP contribution >= 0.6 is 34.8 Å². The summed E-state index contributed by atoms with van der Waals surface area (Å²) in [6.45, 7) is 12.8. The molecule has 3 aromatic rings. The van der Waals surface area contributed by atoms with Crippen LogP contribution in [0, 0.1) is 0 Å². The average molecular weight is 960 g/mol. The summed E-state index contributed by atoms with van der Waals surface area (Å²) in [5, 5.41) is 37.0. The fourth-order valence-corrected chi connectivity index (χ4v) is 4.75. The first-order valence-corrected chi connectivity index (χ1v) is 20.7. The van der Waals surface area contributed by atoms with E-state index in [0.717, 1.165) is 6.08 Å². The van der Waals surface area contributed by atoms with Crippen molar-refractivity contribution in [2.75, 3.05) is 51.4 Å². The Morgan fingerprint density at radius 3 is 1.11 bits per heavy atom. The molecule has 3 rings (SSSR count). The smallest absolute Gasteiger partial charge is 0.330 e. The second kappa shape index (κ2) is 31.9. The molecule has 0 bridgehead atoms. The zero-order valence-electron chi connectivity index (χ0n) is 36.2. The molecule has 0 radical (unpaired) electrons. The van der Waals surface area contributed by atoms with Crippen molar-refractivity contribution in [3.8, 4) is 17.2 Å². The van der Waals surface area contributed by atoms with E-state index in [1.54, 1.807) is 72.8 Å². The van der Waals surface area contributed by atoms with E-state index >= 15 is 0 Å². The van der Waals surface area contributed by atoms with Crippen LogP contribution in [-0.2, 0) is 23.9 Å². The summed E-state index contributed by atoms with van der Waals surface area (Å²) in [6.07, 6.45) is 1.52. The van der Waals surface area contributed by atoms with E-state index in [1.807, 2.05) is 0 Å². The van der Waals surface area contributed by atoms with Gasteiger partial charge in [0.25, 0.3) is 0 Å². The van der Waals surface area contributed by atoms with Crippen molar-refractivity contribution >= 4 is 69.3 Å². The van der Waals surface area contributed by atoms with Crippen LogP contribution in [0.15, 0.2) is 85.5 Å². The highest BCUT2D eigenvalue weighted by Crippen LogP contribution is 2.19. The van der Waals surface area contributed by atoms with Crippen LogP contribution < -0.4 is 14.2 Å². The maximum atomic E-state index is 11.8. The number of halogens is 3. The van der Waals surface area contributed by atoms with Crippen LogP contribution in [-0.4, -0.2) is 123 Å². The van der Waals surface area contributed by atoms with Gasteiger partial charge in [-0.3, -0.25) is 24.0 Å². The lowest BCUT2D eigenvalue weighted by Gasteiger charge is -2.15. The summed E-state index contributed by atoms with van der Waals surface area (Å²) in [5.74, 6) is 0.330. The number of hydrogen-bond acceptors (Lipinski definition) is 15. The largest absolute Gasteiger partial charge is 0.491 e. The monoisotopic (exact) mass is 958 g/mol. The van der Waals surface area contributed by atoms with Gasteiger partial charge in [0.05, 0.1) is 13.0 Å². The maximum absolute atomic E-state index is 11.8. The number of carbonyl (C=O) groups excluding carboxylic acids is 6. The molecule has 356 valence electrons. The number of aliphatic hydroxyl groups excluding tert-OH is 1.